The van der Waals surface area contributed by atoms with Crippen LogP contribution >= 0.6 is 0 Å². The Morgan fingerprint density at radius 2 is 1.85 bits per heavy atom. The number of rotatable bonds is 5. The summed E-state index contributed by atoms with van der Waals surface area (Å²) in [5, 5.41) is 0. The van der Waals surface area contributed by atoms with E-state index in [1.54, 1.807) is 24.1 Å². The van der Waals surface area contributed by atoms with Gasteiger partial charge in [-0.05, 0) is 42.2 Å². The van der Waals surface area contributed by atoms with Crippen molar-refractivity contribution in [1.82, 2.24) is 9.37 Å². The lowest BCUT2D eigenvalue weighted by atomic mass is 10.1. The molecule has 1 unspecified atom stereocenters. The first kappa shape index (κ1) is 18.6. The van der Waals surface area contributed by atoms with E-state index in [2.05, 4.69) is 6.07 Å². The minimum atomic E-state index is -3.80. The lowest BCUT2D eigenvalue weighted by molar-refractivity contribution is -0.0258. The molecule has 0 heterocycles. The molecule has 2 aromatic rings. The number of benzene rings is 2. The molecule has 0 aromatic heterocycles. The monoisotopic (exact) mass is 374 g/mol. The summed E-state index contributed by atoms with van der Waals surface area (Å²) in [5.41, 5.74) is 2.75. The molecule has 0 saturated heterocycles. The van der Waals surface area contributed by atoms with Gasteiger partial charge < -0.3 is 4.90 Å². The molecule has 2 aromatic carbocycles. The van der Waals surface area contributed by atoms with Gasteiger partial charge in [-0.2, -0.15) is 0 Å². The van der Waals surface area contributed by atoms with Crippen LogP contribution in [0, 0.1) is 0 Å². The number of fused-ring (bicyclic) bond motifs is 1. The van der Waals surface area contributed by atoms with Gasteiger partial charge in [0.15, 0.2) is 0 Å². The maximum Gasteiger partial charge on any atom is 0.264 e. The van der Waals surface area contributed by atoms with E-state index in [-0.39, 0.29) is 16.8 Å². The third kappa shape index (κ3) is 3.25. The summed E-state index contributed by atoms with van der Waals surface area (Å²) in [7, 11) is 0.550. The van der Waals surface area contributed by atoms with E-state index in [0.29, 0.717) is 5.56 Å². The van der Waals surface area contributed by atoms with Gasteiger partial charge in [0, 0.05) is 19.7 Å². The average molecular weight is 374 g/mol. The second-order valence-corrected chi connectivity index (χ2v) is 8.23. The number of nitrogens with zero attached hydrogens (tertiary/aromatic N) is 2. The quantitative estimate of drug-likeness (QED) is 0.755. The Morgan fingerprint density at radius 3 is 2.58 bits per heavy atom. The number of carbonyl (C=O) groups excluding carboxylic acids is 1. The predicted molar refractivity (Wildman–Crippen MR) is 98.0 cm³/mol. The SMILES string of the molecule is CON(C)S(=O)(=O)c1cccc(C(=O)N(C)C2CCc3ccccc32)c1. The highest BCUT2D eigenvalue weighted by Crippen LogP contribution is 2.35. The standard InChI is InChI=1S/C19H22N2O4S/c1-20(18-12-11-14-7-4-5-10-17(14)18)19(22)15-8-6-9-16(13-15)26(23,24)21(2)25-3/h4-10,13,18H,11-12H2,1-3H3. The van der Waals surface area contributed by atoms with Crippen LogP contribution in [0.25, 0.3) is 0 Å². The van der Waals surface area contributed by atoms with Crippen molar-refractivity contribution in [2.24, 2.45) is 0 Å². The van der Waals surface area contributed by atoms with Gasteiger partial charge in [-0.3, -0.25) is 9.63 Å². The fourth-order valence-corrected chi connectivity index (χ4v) is 4.34. The number of aryl methyl sites for hydroxylation is 1. The molecule has 0 aliphatic heterocycles. The van der Waals surface area contributed by atoms with Crippen molar-refractivity contribution >= 4 is 15.9 Å². The number of carbonyl (C=O) groups is 1. The summed E-state index contributed by atoms with van der Waals surface area (Å²) < 4.78 is 25.6. The van der Waals surface area contributed by atoms with Gasteiger partial charge >= 0.3 is 0 Å². The molecule has 1 aliphatic rings. The minimum Gasteiger partial charge on any atom is -0.335 e. The van der Waals surface area contributed by atoms with Crippen LogP contribution in [-0.4, -0.2) is 44.9 Å². The van der Waals surface area contributed by atoms with E-state index in [4.69, 9.17) is 4.84 Å². The predicted octanol–water partition coefficient (Wildman–Crippen LogP) is 2.63. The van der Waals surface area contributed by atoms with Crippen molar-refractivity contribution < 1.29 is 18.0 Å². The highest BCUT2D eigenvalue weighted by molar-refractivity contribution is 7.89. The third-order valence-corrected chi connectivity index (χ3v) is 6.54. The lowest BCUT2D eigenvalue weighted by Crippen LogP contribution is -2.30. The maximum absolute atomic E-state index is 12.9. The molecule has 0 spiro atoms. The van der Waals surface area contributed by atoms with Crippen molar-refractivity contribution in [3.63, 3.8) is 0 Å². The van der Waals surface area contributed by atoms with Gasteiger partial charge in [0.25, 0.3) is 15.9 Å². The molecule has 1 amide bonds. The van der Waals surface area contributed by atoms with Crippen LogP contribution in [0.15, 0.2) is 53.4 Å². The highest BCUT2D eigenvalue weighted by Gasteiger charge is 2.29. The molecule has 6 nitrogen and oxygen atoms in total. The molecule has 0 saturated carbocycles. The van der Waals surface area contributed by atoms with Crippen LogP contribution in [0.2, 0.25) is 0 Å². The van der Waals surface area contributed by atoms with E-state index >= 15 is 0 Å². The molecular formula is C19H22N2O4S. The van der Waals surface area contributed by atoms with Crippen LogP contribution in [-0.2, 0) is 21.3 Å². The van der Waals surface area contributed by atoms with Crippen LogP contribution < -0.4 is 0 Å². The Kier molecular flexibility index (Phi) is 5.13. The molecule has 1 atom stereocenters. The van der Waals surface area contributed by atoms with Crippen molar-refractivity contribution in [2.75, 3.05) is 21.2 Å². The van der Waals surface area contributed by atoms with Gasteiger partial charge in [-0.15, -0.1) is 0 Å². The Balaban J connectivity index is 1.88. The van der Waals surface area contributed by atoms with Crippen molar-refractivity contribution in [3.05, 3.63) is 65.2 Å². The first-order valence-corrected chi connectivity index (χ1v) is 9.78. The number of hydrogen-bond acceptors (Lipinski definition) is 4. The topological polar surface area (TPSA) is 66.9 Å². The number of hydroxylamine groups is 1. The van der Waals surface area contributed by atoms with Crippen LogP contribution in [0.5, 0.6) is 0 Å². The van der Waals surface area contributed by atoms with Crippen molar-refractivity contribution in [3.8, 4) is 0 Å². The molecule has 0 radical (unpaired) electrons. The van der Waals surface area contributed by atoms with Crippen LogP contribution in [0.3, 0.4) is 0 Å². The second-order valence-electron chi connectivity index (χ2n) is 6.29. The molecule has 1 aliphatic carbocycles. The summed E-state index contributed by atoms with van der Waals surface area (Å²) in [4.78, 5) is 19.4. The molecule has 7 heteroatoms. The fourth-order valence-electron chi connectivity index (χ4n) is 3.32. The van der Waals surface area contributed by atoms with E-state index in [1.807, 2.05) is 18.2 Å². The van der Waals surface area contributed by atoms with E-state index < -0.39 is 10.0 Å². The Hall–Kier alpha value is -2.22. The largest absolute Gasteiger partial charge is 0.335 e. The second kappa shape index (κ2) is 7.19. The summed E-state index contributed by atoms with van der Waals surface area (Å²) >= 11 is 0. The van der Waals surface area contributed by atoms with Gasteiger partial charge in [-0.25, -0.2) is 8.42 Å². The zero-order valence-corrected chi connectivity index (χ0v) is 15.9. The minimum absolute atomic E-state index is 0.000567. The normalized spacial score (nSPS) is 16.5. The third-order valence-electron chi connectivity index (χ3n) is 4.86. The lowest BCUT2D eigenvalue weighted by Gasteiger charge is -2.26. The Labute approximate surface area is 154 Å². The van der Waals surface area contributed by atoms with E-state index in [1.165, 1.54) is 31.9 Å². The summed E-state index contributed by atoms with van der Waals surface area (Å²) in [6, 6.07) is 14.2. The zero-order valence-electron chi connectivity index (χ0n) is 15.0. The van der Waals surface area contributed by atoms with Crippen LogP contribution in [0.1, 0.15) is 33.9 Å². The van der Waals surface area contributed by atoms with Gasteiger partial charge in [-0.1, -0.05) is 34.8 Å². The average Bonchev–Trinajstić information content (AvgIpc) is 3.10. The Bertz CT molecular complexity index is 927. The van der Waals surface area contributed by atoms with E-state index in [0.717, 1.165) is 22.9 Å². The molecule has 0 N–H and O–H groups in total. The molecule has 138 valence electrons. The first-order valence-electron chi connectivity index (χ1n) is 8.34. The Morgan fingerprint density at radius 1 is 1.12 bits per heavy atom. The van der Waals surface area contributed by atoms with E-state index in [9.17, 15) is 13.2 Å². The molecule has 26 heavy (non-hydrogen) atoms. The number of hydrogen-bond donors (Lipinski definition) is 0. The molecule has 0 bridgehead atoms. The van der Waals surface area contributed by atoms with Gasteiger partial charge in [0.2, 0.25) is 0 Å². The summed E-state index contributed by atoms with van der Waals surface area (Å²) in [6.45, 7) is 0. The highest BCUT2D eigenvalue weighted by atomic mass is 32.2. The number of amides is 1. The fraction of sp³-hybridized carbons (Fsp3) is 0.316. The molecule has 0 fully saturated rings. The van der Waals surface area contributed by atoms with Gasteiger partial charge in [0.1, 0.15) is 0 Å². The molecular weight excluding hydrogens is 352 g/mol. The smallest absolute Gasteiger partial charge is 0.264 e. The van der Waals surface area contributed by atoms with Crippen molar-refractivity contribution in [2.45, 2.75) is 23.8 Å². The first-order chi connectivity index (χ1) is 12.4. The summed E-state index contributed by atoms with van der Waals surface area (Å²) in [6.07, 6.45) is 1.80. The summed E-state index contributed by atoms with van der Waals surface area (Å²) in [5.74, 6) is -0.205. The van der Waals surface area contributed by atoms with Crippen molar-refractivity contribution in [1.29, 1.82) is 0 Å². The zero-order chi connectivity index (χ0) is 18.9. The maximum atomic E-state index is 12.9. The van der Waals surface area contributed by atoms with Gasteiger partial charge in [0.05, 0.1) is 18.0 Å². The molecule has 3 rings (SSSR count). The number of sulfonamides is 1. The van der Waals surface area contributed by atoms with Crippen LogP contribution in [0.4, 0.5) is 0 Å².